The van der Waals surface area contributed by atoms with Gasteiger partial charge in [0, 0.05) is 13.1 Å². The molecule has 1 N–H and O–H groups in total. The van der Waals surface area contributed by atoms with Crippen molar-refractivity contribution in [1.29, 1.82) is 0 Å². The fourth-order valence-corrected chi connectivity index (χ4v) is 2.90. The lowest BCUT2D eigenvalue weighted by atomic mass is 10.2. The number of nitrogens with one attached hydrogen (secondary N) is 1. The Kier molecular flexibility index (Phi) is 7.33. The predicted molar refractivity (Wildman–Crippen MR) is 97.0 cm³/mol. The molecule has 0 radical (unpaired) electrons. The Morgan fingerprint density at radius 3 is 2.61 bits per heavy atom. The number of ether oxygens (including phenoxy) is 1. The number of likely N-dealkylation sites (tertiary alicyclic amines) is 1. The number of thiocarbonyl (C=S) groups is 1. The first-order valence-electron chi connectivity index (χ1n) is 8.54. The summed E-state index contributed by atoms with van der Waals surface area (Å²) in [5, 5.41) is 3.39. The van der Waals surface area contributed by atoms with Gasteiger partial charge < -0.3 is 9.64 Å². The fourth-order valence-electron chi connectivity index (χ4n) is 2.62. The average Bonchev–Trinajstić information content (AvgIpc) is 2.85. The van der Waals surface area contributed by atoms with Gasteiger partial charge in [0.2, 0.25) is 0 Å². The van der Waals surface area contributed by atoms with Crippen LogP contribution in [0, 0.1) is 0 Å². The Hall–Kier alpha value is -1.62. The van der Waals surface area contributed by atoms with E-state index in [-0.39, 0.29) is 5.91 Å². The van der Waals surface area contributed by atoms with Crippen LogP contribution in [0.5, 0.6) is 5.75 Å². The Morgan fingerprint density at radius 1 is 1.22 bits per heavy atom. The monoisotopic (exact) mass is 334 g/mol. The molecule has 5 heteroatoms. The highest BCUT2D eigenvalue weighted by atomic mass is 32.1. The van der Waals surface area contributed by atoms with Crippen molar-refractivity contribution in [3.8, 4) is 5.75 Å². The molecule has 1 aliphatic heterocycles. The number of carbonyl (C=O) groups excluding carboxylic acids is 1. The molecule has 0 spiro atoms. The second kappa shape index (κ2) is 9.50. The predicted octanol–water partition coefficient (Wildman–Crippen LogP) is 3.76. The summed E-state index contributed by atoms with van der Waals surface area (Å²) >= 11 is 5.41. The van der Waals surface area contributed by atoms with E-state index in [1.54, 1.807) is 6.07 Å². The maximum absolute atomic E-state index is 12.5. The zero-order chi connectivity index (χ0) is 16.5. The van der Waals surface area contributed by atoms with Crippen LogP contribution in [0.2, 0.25) is 0 Å². The highest BCUT2D eigenvalue weighted by Gasteiger charge is 2.17. The molecule has 1 aromatic rings. The lowest BCUT2D eigenvalue weighted by Gasteiger charge is -2.23. The molecule has 1 heterocycles. The molecule has 1 aromatic carbocycles. The quantitative estimate of drug-likeness (QED) is 0.658. The lowest BCUT2D eigenvalue weighted by molar-refractivity contribution is 0.0969. The molecule has 2 rings (SSSR count). The molecule has 0 bridgehead atoms. The molecule has 0 aliphatic carbocycles. The molecule has 1 fully saturated rings. The number of rotatable bonds is 5. The number of unbranched alkanes of at least 4 members (excludes halogenated alkanes) is 1. The second-order valence-corrected chi connectivity index (χ2v) is 6.25. The van der Waals surface area contributed by atoms with Gasteiger partial charge in [0.15, 0.2) is 5.11 Å². The van der Waals surface area contributed by atoms with Crippen LogP contribution in [0.25, 0.3) is 0 Å². The number of para-hydroxylation sites is 1. The molecule has 0 aromatic heterocycles. The molecular weight excluding hydrogens is 308 g/mol. The van der Waals surface area contributed by atoms with Gasteiger partial charge in [-0.15, -0.1) is 0 Å². The molecule has 1 amide bonds. The van der Waals surface area contributed by atoms with Crippen LogP contribution >= 0.6 is 12.2 Å². The Balaban J connectivity index is 1.98. The van der Waals surface area contributed by atoms with E-state index in [0.717, 1.165) is 38.8 Å². The fraction of sp³-hybridized carbons (Fsp3) is 0.556. The molecule has 0 atom stereocenters. The minimum absolute atomic E-state index is 0.189. The average molecular weight is 334 g/mol. The zero-order valence-electron chi connectivity index (χ0n) is 13.8. The summed E-state index contributed by atoms with van der Waals surface area (Å²) in [5.41, 5.74) is 0.542. The summed E-state index contributed by atoms with van der Waals surface area (Å²) in [6.45, 7) is 4.58. The van der Waals surface area contributed by atoms with Crippen LogP contribution in [0.4, 0.5) is 0 Å². The summed E-state index contributed by atoms with van der Waals surface area (Å²) in [7, 11) is 0. The van der Waals surface area contributed by atoms with Crippen molar-refractivity contribution in [3.05, 3.63) is 29.8 Å². The van der Waals surface area contributed by atoms with Crippen molar-refractivity contribution in [2.75, 3.05) is 19.7 Å². The maximum Gasteiger partial charge on any atom is 0.261 e. The highest BCUT2D eigenvalue weighted by molar-refractivity contribution is 7.80. The van der Waals surface area contributed by atoms with Crippen LogP contribution in [0.3, 0.4) is 0 Å². The number of nitrogens with zero attached hydrogens (tertiary/aromatic N) is 1. The normalized spacial score (nSPS) is 14.9. The molecule has 0 saturated carbocycles. The summed E-state index contributed by atoms with van der Waals surface area (Å²) in [4.78, 5) is 14.6. The van der Waals surface area contributed by atoms with Crippen LogP contribution in [-0.4, -0.2) is 35.6 Å². The third kappa shape index (κ3) is 5.50. The smallest absolute Gasteiger partial charge is 0.261 e. The van der Waals surface area contributed by atoms with Crippen molar-refractivity contribution in [2.24, 2.45) is 0 Å². The van der Waals surface area contributed by atoms with E-state index >= 15 is 0 Å². The first kappa shape index (κ1) is 17.7. The van der Waals surface area contributed by atoms with Gasteiger partial charge >= 0.3 is 0 Å². The summed E-state index contributed by atoms with van der Waals surface area (Å²) < 4.78 is 5.73. The molecule has 126 valence electrons. The van der Waals surface area contributed by atoms with Crippen molar-refractivity contribution >= 4 is 23.2 Å². The minimum Gasteiger partial charge on any atom is -0.493 e. The SMILES string of the molecule is CCCCOc1ccccc1C(=O)NC(=S)N1CCCCCC1. The zero-order valence-corrected chi connectivity index (χ0v) is 14.7. The Labute approximate surface area is 144 Å². The first-order chi connectivity index (χ1) is 11.2. The van der Waals surface area contributed by atoms with Crippen LogP contribution in [0.15, 0.2) is 24.3 Å². The molecule has 1 saturated heterocycles. The van der Waals surface area contributed by atoms with Gasteiger partial charge in [0.25, 0.3) is 5.91 Å². The Bertz CT molecular complexity index is 526. The lowest BCUT2D eigenvalue weighted by Crippen LogP contribution is -2.43. The number of hydrogen-bond acceptors (Lipinski definition) is 3. The van der Waals surface area contributed by atoms with Crippen molar-refractivity contribution in [1.82, 2.24) is 10.2 Å². The third-order valence-electron chi connectivity index (χ3n) is 4.00. The molecule has 0 unspecified atom stereocenters. The first-order valence-corrected chi connectivity index (χ1v) is 8.95. The molecule has 4 nitrogen and oxygen atoms in total. The van der Waals surface area contributed by atoms with Gasteiger partial charge in [0.05, 0.1) is 12.2 Å². The van der Waals surface area contributed by atoms with E-state index < -0.39 is 0 Å². The largest absolute Gasteiger partial charge is 0.493 e. The van der Waals surface area contributed by atoms with Crippen molar-refractivity contribution in [2.45, 2.75) is 45.4 Å². The molecule has 1 aliphatic rings. The van der Waals surface area contributed by atoms with E-state index in [2.05, 4.69) is 17.1 Å². The number of hydrogen-bond donors (Lipinski definition) is 1. The highest BCUT2D eigenvalue weighted by Crippen LogP contribution is 2.18. The van der Waals surface area contributed by atoms with E-state index in [1.165, 1.54) is 12.8 Å². The molecular formula is C18H26N2O2S. The standard InChI is InChI=1S/C18H26N2O2S/c1-2-3-14-22-16-11-7-6-10-15(16)17(21)19-18(23)20-12-8-4-5-9-13-20/h6-7,10-11H,2-5,8-9,12-14H2,1H3,(H,19,21,23). The summed E-state index contributed by atoms with van der Waals surface area (Å²) in [6, 6.07) is 7.34. The van der Waals surface area contributed by atoms with Gasteiger partial charge in [-0.25, -0.2) is 0 Å². The maximum atomic E-state index is 12.5. The summed E-state index contributed by atoms with van der Waals surface area (Å²) in [6.07, 6.45) is 6.78. The minimum atomic E-state index is -0.189. The van der Waals surface area contributed by atoms with Crippen molar-refractivity contribution in [3.63, 3.8) is 0 Å². The van der Waals surface area contributed by atoms with E-state index in [1.807, 2.05) is 18.2 Å². The van der Waals surface area contributed by atoms with Crippen LogP contribution < -0.4 is 10.1 Å². The van der Waals surface area contributed by atoms with Crippen LogP contribution in [0.1, 0.15) is 55.8 Å². The Morgan fingerprint density at radius 2 is 1.91 bits per heavy atom. The van der Waals surface area contributed by atoms with Gasteiger partial charge in [-0.1, -0.05) is 38.3 Å². The third-order valence-corrected chi connectivity index (χ3v) is 4.36. The summed E-state index contributed by atoms with van der Waals surface area (Å²) in [5.74, 6) is 0.434. The van der Waals surface area contributed by atoms with Crippen molar-refractivity contribution < 1.29 is 9.53 Å². The van der Waals surface area contributed by atoms with E-state index in [4.69, 9.17) is 17.0 Å². The number of benzene rings is 1. The van der Waals surface area contributed by atoms with Gasteiger partial charge in [-0.3, -0.25) is 10.1 Å². The van der Waals surface area contributed by atoms with Gasteiger partial charge in [-0.2, -0.15) is 0 Å². The van der Waals surface area contributed by atoms with Gasteiger partial charge in [0.1, 0.15) is 5.75 Å². The topological polar surface area (TPSA) is 41.6 Å². The van der Waals surface area contributed by atoms with Gasteiger partial charge in [-0.05, 0) is 43.6 Å². The molecule has 23 heavy (non-hydrogen) atoms. The van der Waals surface area contributed by atoms with Crippen LogP contribution in [-0.2, 0) is 0 Å². The second-order valence-electron chi connectivity index (χ2n) is 5.86. The van der Waals surface area contributed by atoms with E-state index in [0.29, 0.717) is 23.0 Å². The number of carbonyl (C=O) groups is 1. The van der Waals surface area contributed by atoms with E-state index in [9.17, 15) is 4.79 Å². The number of amides is 1.